The van der Waals surface area contributed by atoms with Crippen LogP contribution < -0.4 is 11.1 Å². The van der Waals surface area contributed by atoms with Gasteiger partial charge < -0.3 is 15.8 Å². The number of nitrogens with two attached hydrogens (primary N) is 1. The topological polar surface area (TPSA) is 88.2 Å². The third-order valence-corrected chi connectivity index (χ3v) is 2.86. The summed E-state index contributed by atoms with van der Waals surface area (Å²) < 4.78 is 42.1. The summed E-state index contributed by atoms with van der Waals surface area (Å²) in [7, 11) is 0. The first-order valence-electron chi connectivity index (χ1n) is 5.80. The third-order valence-electron chi connectivity index (χ3n) is 2.86. The summed E-state index contributed by atoms with van der Waals surface area (Å²) in [5.74, 6) is -0.798. The number of amides is 1. The van der Waals surface area contributed by atoms with E-state index in [2.05, 4.69) is 5.32 Å². The molecule has 1 aliphatic heterocycles. The van der Waals surface area contributed by atoms with Gasteiger partial charge in [-0.2, -0.15) is 13.2 Å². The Hall–Kier alpha value is -1.57. The monoisotopic (exact) mass is 279 g/mol. The lowest BCUT2D eigenvalue weighted by Gasteiger charge is -2.22. The van der Waals surface area contributed by atoms with Crippen LogP contribution in [0, 0.1) is 11.3 Å². The molecular weight excluding hydrogens is 263 g/mol. The highest BCUT2D eigenvalue weighted by molar-refractivity contribution is 6.22. The van der Waals surface area contributed by atoms with Crippen molar-refractivity contribution in [2.75, 3.05) is 19.8 Å². The second kappa shape index (κ2) is 6.55. The molecule has 5 nitrogen and oxygen atoms in total. The van der Waals surface area contributed by atoms with E-state index in [4.69, 9.17) is 15.9 Å². The van der Waals surface area contributed by atoms with Crippen molar-refractivity contribution in [1.29, 1.82) is 5.41 Å². The van der Waals surface area contributed by atoms with Gasteiger partial charge in [0, 0.05) is 26.0 Å². The molecule has 1 heterocycles. The molecule has 0 unspecified atom stereocenters. The van der Waals surface area contributed by atoms with Crippen LogP contribution in [0.1, 0.15) is 12.8 Å². The van der Waals surface area contributed by atoms with Crippen LogP contribution in [0.2, 0.25) is 0 Å². The molecule has 1 aliphatic rings. The number of nitrogens with one attached hydrogen (secondary N) is 2. The predicted molar refractivity (Wildman–Crippen MR) is 62.6 cm³/mol. The molecule has 0 radical (unpaired) electrons. The SMILES string of the molecule is N=C(C(=CN)C(=O)NCC1CCOCC1)C(F)(F)F. The third kappa shape index (κ3) is 4.55. The largest absolute Gasteiger partial charge is 0.433 e. The Bertz CT molecular complexity index is 374. The van der Waals surface area contributed by atoms with Crippen LogP contribution in [0.15, 0.2) is 11.8 Å². The second-order valence-corrected chi connectivity index (χ2v) is 4.22. The first kappa shape index (κ1) is 15.5. The standard InChI is InChI=1S/C11H16F3N3O2/c12-11(13,14)9(16)8(5-15)10(18)17-6-7-1-3-19-4-2-7/h5,7,16H,1-4,6,15H2,(H,17,18). The highest BCUT2D eigenvalue weighted by atomic mass is 19.4. The summed E-state index contributed by atoms with van der Waals surface area (Å²) in [5, 5.41) is 9.27. The van der Waals surface area contributed by atoms with Gasteiger partial charge in [-0.05, 0) is 18.8 Å². The molecule has 0 aromatic heterocycles. The highest BCUT2D eigenvalue weighted by Crippen LogP contribution is 2.21. The molecule has 108 valence electrons. The van der Waals surface area contributed by atoms with Gasteiger partial charge >= 0.3 is 6.18 Å². The predicted octanol–water partition coefficient (Wildman–Crippen LogP) is 0.954. The molecule has 0 atom stereocenters. The zero-order chi connectivity index (χ0) is 14.5. The summed E-state index contributed by atoms with van der Waals surface area (Å²) in [6.45, 7) is 1.42. The number of halogens is 3. The maximum absolute atomic E-state index is 12.3. The molecule has 0 aliphatic carbocycles. The van der Waals surface area contributed by atoms with Crippen LogP contribution in [0.4, 0.5) is 13.2 Å². The van der Waals surface area contributed by atoms with Gasteiger partial charge in [0.25, 0.3) is 5.91 Å². The minimum Gasteiger partial charge on any atom is -0.404 e. The number of carbonyl (C=O) groups is 1. The van der Waals surface area contributed by atoms with E-state index in [1.165, 1.54) is 0 Å². The Morgan fingerprint density at radius 2 is 2.00 bits per heavy atom. The minimum absolute atomic E-state index is 0.178. The summed E-state index contributed by atoms with van der Waals surface area (Å²) in [5.41, 5.74) is 2.40. The van der Waals surface area contributed by atoms with Gasteiger partial charge in [0.2, 0.25) is 0 Å². The average Bonchev–Trinajstić information content (AvgIpc) is 2.37. The first-order chi connectivity index (χ1) is 8.86. The highest BCUT2D eigenvalue weighted by Gasteiger charge is 2.39. The van der Waals surface area contributed by atoms with E-state index in [0.29, 0.717) is 19.4 Å². The van der Waals surface area contributed by atoms with E-state index < -0.39 is 23.4 Å². The van der Waals surface area contributed by atoms with Crippen LogP contribution in [-0.2, 0) is 9.53 Å². The van der Waals surface area contributed by atoms with Crippen molar-refractivity contribution in [3.05, 3.63) is 11.8 Å². The molecule has 0 aromatic carbocycles. The molecule has 0 aromatic rings. The fourth-order valence-electron chi connectivity index (χ4n) is 1.71. The lowest BCUT2D eigenvalue weighted by atomic mass is 10.00. The van der Waals surface area contributed by atoms with Crippen molar-refractivity contribution in [3.63, 3.8) is 0 Å². The van der Waals surface area contributed by atoms with Gasteiger partial charge in [0.05, 0.1) is 5.57 Å². The van der Waals surface area contributed by atoms with Crippen molar-refractivity contribution in [2.45, 2.75) is 19.0 Å². The van der Waals surface area contributed by atoms with E-state index in [0.717, 1.165) is 12.8 Å². The Kier molecular flexibility index (Phi) is 5.34. The van der Waals surface area contributed by atoms with Gasteiger partial charge in [0.1, 0.15) is 5.71 Å². The molecule has 19 heavy (non-hydrogen) atoms. The maximum Gasteiger partial charge on any atom is 0.433 e. The van der Waals surface area contributed by atoms with Crippen molar-refractivity contribution < 1.29 is 22.7 Å². The van der Waals surface area contributed by atoms with E-state index in [1.54, 1.807) is 0 Å². The van der Waals surface area contributed by atoms with E-state index in [1.807, 2.05) is 0 Å². The normalized spacial score (nSPS) is 18.2. The lowest BCUT2D eigenvalue weighted by Crippen LogP contribution is -2.38. The Labute approximate surface area is 108 Å². The second-order valence-electron chi connectivity index (χ2n) is 4.22. The molecular formula is C11H16F3N3O2. The van der Waals surface area contributed by atoms with Crippen molar-refractivity contribution in [1.82, 2.24) is 5.32 Å². The fraction of sp³-hybridized carbons (Fsp3) is 0.636. The van der Waals surface area contributed by atoms with Gasteiger partial charge in [-0.15, -0.1) is 0 Å². The molecule has 4 N–H and O–H groups in total. The lowest BCUT2D eigenvalue weighted by molar-refractivity contribution is -0.118. The number of alkyl halides is 3. The number of hydrogen-bond acceptors (Lipinski definition) is 4. The molecule has 8 heteroatoms. The number of ether oxygens (including phenoxy) is 1. The van der Waals surface area contributed by atoms with Crippen LogP contribution in [0.25, 0.3) is 0 Å². The number of rotatable bonds is 4. The van der Waals surface area contributed by atoms with E-state index in [9.17, 15) is 18.0 Å². The molecule has 1 saturated heterocycles. The van der Waals surface area contributed by atoms with Gasteiger partial charge in [-0.3, -0.25) is 10.2 Å². The Morgan fingerprint density at radius 1 is 1.42 bits per heavy atom. The zero-order valence-corrected chi connectivity index (χ0v) is 10.2. The van der Waals surface area contributed by atoms with Crippen molar-refractivity contribution >= 4 is 11.6 Å². The maximum atomic E-state index is 12.3. The number of hydrogen-bond donors (Lipinski definition) is 3. The van der Waals surface area contributed by atoms with Crippen LogP contribution in [0.3, 0.4) is 0 Å². The summed E-state index contributed by atoms with van der Waals surface area (Å²) >= 11 is 0. The van der Waals surface area contributed by atoms with Crippen LogP contribution in [0.5, 0.6) is 0 Å². The van der Waals surface area contributed by atoms with Crippen molar-refractivity contribution in [2.24, 2.45) is 11.7 Å². The Morgan fingerprint density at radius 3 is 2.47 bits per heavy atom. The molecule has 0 saturated carbocycles. The van der Waals surface area contributed by atoms with Gasteiger partial charge in [-0.1, -0.05) is 0 Å². The zero-order valence-electron chi connectivity index (χ0n) is 10.2. The molecule has 0 spiro atoms. The van der Waals surface area contributed by atoms with Gasteiger partial charge in [-0.25, -0.2) is 0 Å². The van der Waals surface area contributed by atoms with Crippen molar-refractivity contribution in [3.8, 4) is 0 Å². The fourth-order valence-corrected chi connectivity index (χ4v) is 1.71. The van der Waals surface area contributed by atoms with Gasteiger partial charge in [0.15, 0.2) is 0 Å². The summed E-state index contributed by atoms with van der Waals surface area (Å²) in [6, 6.07) is 0. The van der Waals surface area contributed by atoms with E-state index in [-0.39, 0.29) is 12.5 Å². The molecule has 0 bridgehead atoms. The van der Waals surface area contributed by atoms with Crippen LogP contribution >= 0.6 is 0 Å². The Balaban J connectivity index is 2.53. The molecule has 1 amide bonds. The minimum atomic E-state index is -4.89. The van der Waals surface area contributed by atoms with E-state index >= 15 is 0 Å². The summed E-state index contributed by atoms with van der Waals surface area (Å²) in [6.07, 6.45) is -2.88. The molecule has 1 rings (SSSR count). The smallest absolute Gasteiger partial charge is 0.404 e. The molecule has 1 fully saturated rings. The van der Waals surface area contributed by atoms with Crippen LogP contribution in [-0.4, -0.2) is 37.6 Å². The average molecular weight is 279 g/mol. The number of carbonyl (C=O) groups excluding carboxylic acids is 1. The quantitative estimate of drug-likeness (QED) is 0.529. The summed E-state index contributed by atoms with van der Waals surface area (Å²) in [4.78, 5) is 11.6. The first-order valence-corrected chi connectivity index (χ1v) is 5.80.